The molecule has 0 bridgehead atoms. The van der Waals surface area contributed by atoms with E-state index in [1.54, 1.807) is 0 Å². The Morgan fingerprint density at radius 2 is 1.46 bits per heavy atom. The molecule has 11 heteroatoms. The number of nitrogens with one attached hydrogen (secondary N) is 3. The third kappa shape index (κ3) is 7.74. The highest BCUT2D eigenvalue weighted by atomic mass is 16.2. The van der Waals surface area contributed by atoms with Crippen LogP contribution in [0.15, 0.2) is 0 Å². The predicted octanol–water partition coefficient (Wildman–Crippen LogP) is 1.63. The van der Waals surface area contributed by atoms with Gasteiger partial charge in [0, 0.05) is 63.7 Å². The summed E-state index contributed by atoms with van der Waals surface area (Å²) in [5.41, 5.74) is 23.2. The van der Waals surface area contributed by atoms with Crippen LogP contribution in [0, 0.1) is 46.3 Å². The molecule has 0 saturated heterocycles. The van der Waals surface area contributed by atoms with Crippen LogP contribution in [-0.2, 0) is 14.4 Å². The Morgan fingerprint density at radius 3 is 2.09 bits per heavy atom. The number of hydrogen-bond donors (Lipinski definition) is 7. The molecule has 0 aromatic rings. The van der Waals surface area contributed by atoms with Crippen molar-refractivity contribution >= 4 is 17.7 Å². The predicted molar refractivity (Wildman–Crippen MR) is 183 cm³/mol. The van der Waals surface area contributed by atoms with Gasteiger partial charge in [0.05, 0.1) is 0 Å². The van der Waals surface area contributed by atoms with E-state index in [1.165, 1.54) is 0 Å². The lowest BCUT2D eigenvalue weighted by Crippen LogP contribution is -2.67. The lowest BCUT2D eigenvalue weighted by Gasteiger charge is -2.65. The van der Waals surface area contributed by atoms with Gasteiger partial charge in [0.25, 0.3) is 0 Å². The molecule has 46 heavy (non-hydrogen) atoms. The molecule has 0 radical (unpaired) electrons. The molecule has 11 nitrogen and oxygen atoms in total. The summed E-state index contributed by atoms with van der Waals surface area (Å²) in [5, 5.41) is 10.3. The largest absolute Gasteiger partial charge is 0.353 e. The molecule has 4 saturated carbocycles. The fourth-order valence-electron chi connectivity index (χ4n) is 10.9. The van der Waals surface area contributed by atoms with Crippen LogP contribution in [-0.4, -0.2) is 80.6 Å². The van der Waals surface area contributed by atoms with Crippen LogP contribution in [0.4, 0.5) is 0 Å². The Hall–Kier alpha value is -1.79. The lowest BCUT2D eigenvalue weighted by atomic mass is 9.42. The Bertz CT molecular complexity index is 1050. The van der Waals surface area contributed by atoms with Gasteiger partial charge in [-0.25, -0.2) is 0 Å². The van der Waals surface area contributed by atoms with Crippen LogP contribution < -0.4 is 38.9 Å². The minimum absolute atomic E-state index is 0.0227. The maximum absolute atomic E-state index is 13.3. The number of carbonyl (C=O) groups excluding carboxylic acids is 3. The second kappa shape index (κ2) is 16.1. The van der Waals surface area contributed by atoms with Gasteiger partial charge < -0.3 is 38.9 Å². The molecule has 4 fully saturated rings. The number of hydrogen-bond acceptors (Lipinski definition) is 8. The van der Waals surface area contributed by atoms with Crippen molar-refractivity contribution in [1.29, 1.82) is 0 Å². The zero-order valence-corrected chi connectivity index (χ0v) is 29.2. The summed E-state index contributed by atoms with van der Waals surface area (Å²) >= 11 is 0. The van der Waals surface area contributed by atoms with Gasteiger partial charge in [0.2, 0.25) is 17.7 Å². The van der Waals surface area contributed by atoms with Crippen molar-refractivity contribution < 1.29 is 14.4 Å². The molecule has 11 atom stereocenters. The van der Waals surface area contributed by atoms with Crippen LogP contribution in [0.1, 0.15) is 97.8 Å². The van der Waals surface area contributed by atoms with E-state index in [9.17, 15) is 14.4 Å². The van der Waals surface area contributed by atoms with Gasteiger partial charge in [-0.2, -0.15) is 0 Å². The fourth-order valence-corrected chi connectivity index (χ4v) is 10.9. The van der Waals surface area contributed by atoms with Gasteiger partial charge in [-0.1, -0.05) is 20.8 Å². The molecule has 11 N–H and O–H groups in total. The zero-order chi connectivity index (χ0) is 33.6. The Morgan fingerprint density at radius 1 is 0.826 bits per heavy atom. The van der Waals surface area contributed by atoms with Gasteiger partial charge in [-0.15, -0.1) is 0 Å². The first-order valence-electron chi connectivity index (χ1n) is 18.3. The van der Waals surface area contributed by atoms with E-state index in [1.807, 2.05) is 0 Å². The van der Waals surface area contributed by atoms with Crippen LogP contribution in [0.25, 0.3) is 0 Å². The average Bonchev–Trinajstić information content (AvgIpc) is 3.36. The molecule has 4 aliphatic carbocycles. The molecule has 264 valence electrons. The summed E-state index contributed by atoms with van der Waals surface area (Å²) in [5.74, 6) is 2.51. The standard InChI is InChI=1S/C35H66N8O3/c1-22(6-5-17-43(4)21-39)25-7-8-26-33-27(20-29(35(25,26)3)42-32(46)12-16-38)34(2)13-9-24(40-30(44)10-14-36)18-23(34)19-28(33)41-31(45)11-15-37/h22-29,33H,5-21,36-39H2,1-4H3,(H,40,44)(H,41,45)(H,42,46)/t22-,23?,24?,25?,26+,27+,28-,29+,33?,34?,35?/m1/s1. The van der Waals surface area contributed by atoms with Gasteiger partial charge in [0.15, 0.2) is 0 Å². The minimum Gasteiger partial charge on any atom is -0.353 e. The average molecular weight is 647 g/mol. The molecule has 6 unspecified atom stereocenters. The van der Waals surface area contributed by atoms with Crippen molar-refractivity contribution in [2.45, 2.75) is 116 Å². The molecule has 0 aromatic heterocycles. The molecule has 0 heterocycles. The highest BCUT2D eigenvalue weighted by Gasteiger charge is 2.66. The highest BCUT2D eigenvalue weighted by molar-refractivity contribution is 5.77. The number of carbonyl (C=O) groups is 3. The summed E-state index contributed by atoms with van der Waals surface area (Å²) in [4.78, 5) is 41.1. The van der Waals surface area contributed by atoms with E-state index in [0.717, 1.165) is 64.3 Å². The first kappa shape index (κ1) is 37.0. The molecular weight excluding hydrogens is 580 g/mol. The summed E-state index contributed by atoms with van der Waals surface area (Å²) in [7, 11) is 2.07. The van der Waals surface area contributed by atoms with E-state index in [0.29, 0.717) is 81.1 Å². The van der Waals surface area contributed by atoms with Crippen molar-refractivity contribution in [3.63, 3.8) is 0 Å². The van der Waals surface area contributed by atoms with E-state index in [2.05, 4.69) is 48.7 Å². The normalized spacial score (nSPS) is 37.5. The minimum atomic E-state index is -0.0853. The maximum atomic E-state index is 13.3. The van der Waals surface area contributed by atoms with Crippen molar-refractivity contribution in [2.24, 2.45) is 69.3 Å². The van der Waals surface area contributed by atoms with Crippen LogP contribution >= 0.6 is 0 Å². The SMILES string of the molecule is C[C@H](CCCN(C)CN)C1CC[C@H]2C3[C@H](NC(=O)CCN)CC4CC(NC(=O)CCN)CCC4(C)[C@H]3C[C@H](NC(=O)CCN)C12C. The van der Waals surface area contributed by atoms with E-state index < -0.39 is 0 Å². The first-order valence-corrected chi connectivity index (χ1v) is 18.3. The molecule has 0 aliphatic heterocycles. The van der Waals surface area contributed by atoms with Crippen molar-refractivity contribution in [1.82, 2.24) is 20.9 Å². The van der Waals surface area contributed by atoms with Crippen LogP contribution in [0.2, 0.25) is 0 Å². The van der Waals surface area contributed by atoms with Gasteiger partial charge in [-0.05, 0) is 118 Å². The Balaban J connectivity index is 1.68. The monoisotopic (exact) mass is 647 g/mol. The molecule has 0 aromatic carbocycles. The first-order chi connectivity index (χ1) is 21.9. The molecule has 4 rings (SSSR count). The van der Waals surface area contributed by atoms with E-state index >= 15 is 0 Å². The van der Waals surface area contributed by atoms with Gasteiger partial charge in [-0.3, -0.25) is 19.3 Å². The van der Waals surface area contributed by atoms with Crippen LogP contribution in [0.3, 0.4) is 0 Å². The number of fused-ring (bicyclic) bond motifs is 5. The van der Waals surface area contributed by atoms with E-state index in [4.69, 9.17) is 22.9 Å². The van der Waals surface area contributed by atoms with Crippen molar-refractivity contribution in [3.05, 3.63) is 0 Å². The molecule has 3 amide bonds. The number of amides is 3. The summed E-state index contributed by atoms with van der Waals surface area (Å²) in [6.45, 7) is 9.90. The van der Waals surface area contributed by atoms with Crippen molar-refractivity contribution in [2.75, 3.05) is 39.9 Å². The van der Waals surface area contributed by atoms with Crippen molar-refractivity contribution in [3.8, 4) is 0 Å². The number of nitrogens with zero attached hydrogens (tertiary/aromatic N) is 1. The molecule has 4 aliphatic rings. The Labute approximate surface area is 277 Å². The number of rotatable bonds is 15. The van der Waals surface area contributed by atoms with Gasteiger partial charge >= 0.3 is 0 Å². The third-order valence-corrected chi connectivity index (χ3v) is 13.3. The lowest BCUT2D eigenvalue weighted by molar-refractivity contribution is -0.153. The number of nitrogens with two attached hydrogens (primary N) is 4. The summed E-state index contributed by atoms with van der Waals surface area (Å²) < 4.78 is 0. The van der Waals surface area contributed by atoms with Gasteiger partial charge in [0.1, 0.15) is 0 Å². The topological polar surface area (TPSA) is 195 Å². The molecule has 0 spiro atoms. The highest BCUT2D eigenvalue weighted by Crippen LogP contribution is 2.68. The second-order valence-electron chi connectivity index (χ2n) is 15.8. The zero-order valence-electron chi connectivity index (χ0n) is 29.2. The van der Waals surface area contributed by atoms with E-state index in [-0.39, 0.29) is 46.7 Å². The fraction of sp³-hybridized carbons (Fsp3) is 0.914. The third-order valence-electron chi connectivity index (χ3n) is 13.3. The summed E-state index contributed by atoms with van der Waals surface area (Å²) in [6, 6.07) is 0.230. The second-order valence-corrected chi connectivity index (χ2v) is 15.8. The smallest absolute Gasteiger partial charge is 0.221 e. The quantitative estimate of drug-likeness (QED) is 0.130. The molecular formula is C35H66N8O3. The van der Waals surface area contributed by atoms with Crippen LogP contribution in [0.5, 0.6) is 0 Å². The Kier molecular flexibility index (Phi) is 12.9. The summed E-state index contributed by atoms with van der Waals surface area (Å²) in [6.07, 6.45) is 10.2. The maximum Gasteiger partial charge on any atom is 0.221 e.